The molecule has 0 bridgehead atoms. The molecule has 0 saturated heterocycles. The molecule has 6 nitrogen and oxygen atoms in total. The highest BCUT2D eigenvalue weighted by molar-refractivity contribution is 9.10. The van der Waals surface area contributed by atoms with Crippen molar-refractivity contribution < 1.29 is 0 Å². The van der Waals surface area contributed by atoms with Crippen LogP contribution in [0.5, 0.6) is 0 Å². The molecule has 2 aromatic heterocycles. The lowest BCUT2D eigenvalue weighted by Crippen LogP contribution is -2.03. The van der Waals surface area contributed by atoms with Crippen molar-refractivity contribution in [1.82, 2.24) is 19.5 Å². The summed E-state index contributed by atoms with van der Waals surface area (Å²) >= 11 is 3.39. The molecule has 0 saturated carbocycles. The standard InChI is InChI=1S/C12H11BrN6/c13-8-2-1-7(9(14)3-8)4-19-6-18-10-11(15)16-5-17-12(10)19/h1-3,5-6H,4,14H2,(H2,15,16,17). The molecule has 0 fully saturated rings. The van der Waals surface area contributed by atoms with E-state index < -0.39 is 0 Å². The summed E-state index contributed by atoms with van der Waals surface area (Å²) in [7, 11) is 0. The van der Waals surface area contributed by atoms with Gasteiger partial charge in [-0.2, -0.15) is 0 Å². The molecule has 0 aliphatic carbocycles. The van der Waals surface area contributed by atoms with Gasteiger partial charge >= 0.3 is 0 Å². The van der Waals surface area contributed by atoms with Crippen molar-refractivity contribution in [1.29, 1.82) is 0 Å². The van der Waals surface area contributed by atoms with Crippen molar-refractivity contribution in [3.05, 3.63) is 40.9 Å². The molecule has 0 radical (unpaired) electrons. The minimum absolute atomic E-state index is 0.382. The van der Waals surface area contributed by atoms with E-state index in [0.717, 1.165) is 15.7 Å². The maximum atomic E-state index is 5.99. The molecule has 0 unspecified atom stereocenters. The van der Waals surface area contributed by atoms with Crippen LogP contribution >= 0.6 is 15.9 Å². The number of rotatable bonds is 2. The van der Waals surface area contributed by atoms with Crippen molar-refractivity contribution in [3.8, 4) is 0 Å². The second kappa shape index (κ2) is 4.51. The first-order chi connectivity index (χ1) is 9.15. The average molecular weight is 319 g/mol. The van der Waals surface area contributed by atoms with Gasteiger partial charge in [0.2, 0.25) is 0 Å². The van der Waals surface area contributed by atoms with Crippen molar-refractivity contribution in [2.75, 3.05) is 11.5 Å². The van der Waals surface area contributed by atoms with Gasteiger partial charge in [0.1, 0.15) is 11.8 Å². The summed E-state index contributed by atoms with van der Waals surface area (Å²) in [6, 6.07) is 5.79. The fourth-order valence-electron chi connectivity index (χ4n) is 1.91. The van der Waals surface area contributed by atoms with Gasteiger partial charge in [0.05, 0.1) is 12.9 Å². The normalized spacial score (nSPS) is 11.0. The molecule has 96 valence electrons. The zero-order valence-electron chi connectivity index (χ0n) is 9.92. The predicted octanol–water partition coefficient (Wildman–Crippen LogP) is 1.80. The van der Waals surface area contributed by atoms with Crippen LogP contribution < -0.4 is 11.5 Å². The zero-order valence-corrected chi connectivity index (χ0v) is 11.5. The number of hydrogen-bond donors (Lipinski definition) is 2. The number of hydrogen-bond acceptors (Lipinski definition) is 5. The molecule has 7 heteroatoms. The van der Waals surface area contributed by atoms with Gasteiger partial charge in [-0.3, -0.25) is 0 Å². The van der Waals surface area contributed by atoms with E-state index in [1.807, 2.05) is 22.8 Å². The highest BCUT2D eigenvalue weighted by atomic mass is 79.9. The summed E-state index contributed by atoms with van der Waals surface area (Å²) in [5.74, 6) is 0.382. The van der Waals surface area contributed by atoms with E-state index in [9.17, 15) is 0 Å². The predicted molar refractivity (Wildman–Crippen MR) is 77.4 cm³/mol. The molecular formula is C12H11BrN6. The third kappa shape index (κ3) is 2.12. The number of nitrogens with two attached hydrogens (primary N) is 2. The number of imidazole rings is 1. The maximum Gasteiger partial charge on any atom is 0.165 e. The molecule has 0 atom stereocenters. The number of halogens is 1. The number of nitrogens with zero attached hydrogens (tertiary/aromatic N) is 4. The smallest absolute Gasteiger partial charge is 0.165 e. The quantitative estimate of drug-likeness (QED) is 0.702. The summed E-state index contributed by atoms with van der Waals surface area (Å²) in [4.78, 5) is 12.3. The van der Waals surface area contributed by atoms with Gasteiger partial charge in [-0.1, -0.05) is 22.0 Å². The van der Waals surface area contributed by atoms with Gasteiger partial charge < -0.3 is 16.0 Å². The van der Waals surface area contributed by atoms with E-state index in [-0.39, 0.29) is 0 Å². The van der Waals surface area contributed by atoms with Crippen LogP contribution in [0.3, 0.4) is 0 Å². The first-order valence-corrected chi connectivity index (χ1v) is 6.39. The molecule has 1 aromatic carbocycles. The van der Waals surface area contributed by atoms with Crippen LogP contribution in [0.25, 0.3) is 11.2 Å². The third-order valence-corrected chi connectivity index (χ3v) is 3.37. The fraction of sp³-hybridized carbons (Fsp3) is 0.0833. The highest BCUT2D eigenvalue weighted by Crippen LogP contribution is 2.21. The summed E-state index contributed by atoms with van der Waals surface area (Å²) in [6.07, 6.45) is 3.12. The fourth-order valence-corrected chi connectivity index (χ4v) is 2.29. The molecule has 19 heavy (non-hydrogen) atoms. The largest absolute Gasteiger partial charge is 0.398 e. The van der Waals surface area contributed by atoms with Gasteiger partial charge in [0.25, 0.3) is 0 Å². The molecule has 3 rings (SSSR count). The van der Waals surface area contributed by atoms with E-state index in [2.05, 4.69) is 30.9 Å². The summed E-state index contributed by atoms with van der Waals surface area (Å²) in [5.41, 5.74) is 14.8. The number of aromatic nitrogens is 4. The minimum atomic E-state index is 0.382. The van der Waals surface area contributed by atoms with Crippen LogP contribution in [-0.2, 0) is 6.54 Å². The Morgan fingerprint density at radius 3 is 2.79 bits per heavy atom. The van der Waals surface area contributed by atoms with Crippen LogP contribution in [0.1, 0.15) is 5.56 Å². The van der Waals surface area contributed by atoms with E-state index in [0.29, 0.717) is 23.5 Å². The first-order valence-electron chi connectivity index (χ1n) is 5.60. The van der Waals surface area contributed by atoms with Crippen LogP contribution in [0.15, 0.2) is 35.3 Å². The van der Waals surface area contributed by atoms with Gasteiger partial charge in [-0.25, -0.2) is 15.0 Å². The Labute approximate surface area is 117 Å². The molecule has 0 aliphatic heterocycles. The summed E-state index contributed by atoms with van der Waals surface area (Å²) in [6.45, 7) is 0.589. The van der Waals surface area contributed by atoms with E-state index in [4.69, 9.17) is 11.5 Å². The number of anilines is 2. The van der Waals surface area contributed by atoms with E-state index in [1.165, 1.54) is 6.33 Å². The van der Waals surface area contributed by atoms with Gasteiger partial charge in [-0.15, -0.1) is 0 Å². The first kappa shape index (κ1) is 11.9. The molecule has 3 aromatic rings. The van der Waals surface area contributed by atoms with Crippen LogP contribution in [0.2, 0.25) is 0 Å². The monoisotopic (exact) mass is 318 g/mol. The van der Waals surface area contributed by atoms with Crippen LogP contribution in [0.4, 0.5) is 11.5 Å². The number of fused-ring (bicyclic) bond motifs is 1. The van der Waals surface area contributed by atoms with Crippen molar-refractivity contribution in [2.24, 2.45) is 0 Å². The molecular weight excluding hydrogens is 308 g/mol. The van der Waals surface area contributed by atoms with Gasteiger partial charge in [-0.05, 0) is 17.7 Å². The van der Waals surface area contributed by atoms with E-state index in [1.54, 1.807) is 6.33 Å². The Balaban J connectivity index is 2.04. The average Bonchev–Trinajstić information content (AvgIpc) is 2.78. The van der Waals surface area contributed by atoms with Gasteiger partial charge in [0, 0.05) is 10.2 Å². The van der Waals surface area contributed by atoms with Crippen LogP contribution in [0, 0.1) is 0 Å². The minimum Gasteiger partial charge on any atom is -0.398 e. The Bertz CT molecular complexity index is 751. The summed E-state index contributed by atoms with van der Waals surface area (Å²) in [5, 5.41) is 0. The highest BCUT2D eigenvalue weighted by Gasteiger charge is 2.09. The van der Waals surface area contributed by atoms with Gasteiger partial charge in [0.15, 0.2) is 11.5 Å². The molecule has 0 amide bonds. The number of benzene rings is 1. The number of nitrogen functional groups attached to an aromatic ring is 2. The Morgan fingerprint density at radius 2 is 2.00 bits per heavy atom. The lowest BCUT2D eigenvalue weighted by Gasteiger charge is -2.07. The topological polar surface area (TPSA) is 95.6 Å². The summed E-state index contributed by atoms with van der Waals surface area (Å²) < 4.78 is 2.85. The second-order valence-electron chi connectivity index (χ2n) is 4.15. The lowest BCUT2D eigenvalue weighted by atomic mass is 10.2. The second-order valence-corrected chi connectivity index (χ2v) is 5.06. The molecule has 0 aliphatic rings. The molecule has 4 N–H and O–H groups in total. The Morgan fingerprint density at radius 1 is 1.16 bits per heavy atom. The van der Waals surface area contributed by atoms with Crippen molar-refractivity contribution in [2.45, 2.75) is 6.54 Å². The Kier molecular flexibility index (Phi) is 2.83. The third-order valence-electron chi connectivity index (χ3n) is 2.88. The van der Waals surface area contributed by atoms with Crippen molar-refractivity contribution in [3.63, 3.8) is 0 Å². The zero-order chi connectivity index (χ0) is 13.4. The molecule has 2 heterocycles. The van der Waals surface area contributed by atoms with Crippen molar-refractivity contribution >= 4 is 38.6 Å². The van der Waals surface area contributed by atoms with Crippen LogP contribution in [-0.4, -0.2) is 19.5 Å². The van der Waals surface area contributed by atoms with E-state index >= 15 is 0 Å². The SMILES string of the molecule is Nc1cc(Br)ccc1Cn1cnc2c(N)ncnc21. The Hall–Kier alpha value is -2.15. The maximum absolute atomic E-state index is 5.99. The lowest BCUT2D eigenvalue weighted by molar-refractivity contribution is 0.815. The molecule has 0 spiro atoms.